The van der Waals surface area contributed by atoms with Crippen molar-refractivity contribution >= 4 is 5.91 Å². The Balaban J connectivity index is 2.21. The number of unbranched alkanes of at least 4 members (excludes halogenated alkanes) is 1. The number of carbonyl (C=O) groups is 1. The van der Waals surface area contributed by atoms with Crippen molar-refractivity contribution in [3.63, 3.8) is 0 Å². The molecule has 0 aromatic carbocycles. The fourth-order valence-electron chi connectivity index (χ4n) is 1.68. The van der Waals surface area contributed by atoms with Gasteiger partial charge in [0.2, 0.25) is 5.91 Å². The van der Waals surface area contributed by atoms with Gasteiger partial charge in [0, 0.05) is 19.2 Å². The summed E-state index contributed by atoms with van der Waals surface area (Å²) in [5.41, 5.74) is 0. The smallest absolute Gasteiger partial charge is 0.234 e. The minimum Gasteiger partial charge on any atom is -0.396 e. The number of aliphatic hydroxyl groups is 1. The van der Waals surface area contributed by atoms with E-state index in [1.165, 1.54) is 12.8 Å². The van der Waals surface area contributed by atoms with Gasteiger partial charge in [0.1, 0.15) is 0 Å². The average molecular weight is 226 g/mol. The molecule has 0 radical (unpaired) electrons. The van der Waals surface area contributed by atoms with Gasteiger partial charge >= 0.3 is 0 Å². The zero-order chi connectivity index (χ0) is 11.8. The molecule has 16 heavy (non-hydrogen) atoms. The number of amides is 1. The molecule has 4 nitrogen and oxygen atoms in total. The quantitative estimate of drug-likeness (QED) is 0.445. The molecular weight excluding hydrogens is 204 g/mol. The van der Waals surface area contributed by atoms with Crippen molar-refractivity contribution in [1.82, 2.24) is 10.2 Å². The molecule has 1 fully saturated rings. The van der Waals surface area contributed by atoms with E-state index in [4.69, 9.17) is 5.11 Å². The van der Waals surface area contributed by atoms with Crippen molar-refractivity contribution in [2.24, 2.45) is 0 Å². The fourth-order valence-corrected chi connectivity index (χ4v) is 1.68. The molecule has 1 aliphatic rings. The minimum absolute atomic E-state index is 0.0656. The Morgan fingerprint density at radius 2 is 2.25 bits per heavy atom. The van der Waals surface area contributed by atoms with Crippen molar-refractivity contribution < 1.29 is 9.90 Å². The number of carbonyl (C=O) groups excluding carboxylic acids is 1. The normalized spacial score (nSPS) is 15.1. The minimum atomic E-state index is 0.0656. The van der Waals surface area contributed by atoms with E-state index < -0.39 is 0 Å². The lowest BCUT2D eigenvalue weighted by Crippen LogP contribution is -2.39. The Morgan fingerprint density at radius 3 is 2.81 bits per heavy atom. The number of aliphatic hydroxyl groups excluding tert-OH is 1. The molecule has 0 atom stereocenters. The monoisotopic (exact) mass is 226 g/mol. The number of hydrogen-bond acceptors (Lipinski definition) is 3. The first-order chi connectivity index (χ1) is 7.77. The van der Waals surface area contributed by atoms with Crippen LogP contribution in [0, 0.1) is 0 Å². The van der Waals surface area contributed by atoms with Gasteiger partial charge in [0.15, 0.2) is 0 Å². The van der Waals surface area contributed by atoms with Crippen LogP contribution in [0.25, 0.3) is 0 Å². The Labute approximate surface area is 97.3 Å². The molecule has 1 rings (SSSR count). The molecule has 92 valence electrons. The van der Waals surface area contributed by atoms with Gasteiger partial charge in [-0.25, -0.2) is 0 Å². The van der Waals surface area contributed by atoms with Crippen LogP contribution < -0.4 is 5.32 Å². The molecule has 0 bridgehead atoms. The van der Waals surface area contributed by atoms with Crippen LogP contribution in [0.2, 0.25) is 0 Å². The third-order valence-electron chi connectivity index (χ3n) is 2.71. The largest absolute Gasteiger partial charge is 0.396 e. The van der Waals surface area contributed by atoms with Gasteiger partial charge in [0.05, 0.1) is 6.54 Å². The maximum absolute atomic E-state index is 11.5. The van der Waals surface area contributed by atoms with E-state index in [1.807, 2.05) is 0 Å². The first kappa shape index (κ1) is 13.2. The highest BCUT2D eigenvalue weighted by Crippen LogP contribution is 2.26. The second-order valence-corrected chi connectivity index (χ2v) is 4.23. The van der Waals surface area contributed by atoms with Crippen molar-refractivity contribution in [3.05, 3.63) is 12.7 Å². The first-order valence-corrected chi connectivity index (χ1v) is 6.00. The lowest BCUT2D eigenvalue weighted by Gasteiger charge is -2.20. The summed E-state index contributed by atoms with van der Waals surface area (Å²) >= 11 is 0. The van der Waals surface area contributed by atoms with E-state index in [-0.39, 0.29) is 12.5 Å². The number of nitrogens with zero attached hydrogens (tertiary/aromatic N) is 1. The van der Waals surface area contributed by atoms with Gasteiger partial charge in [-0.3, -0.25) is 9.69 Å². The van der Waals surface area contributed by atoms with Crippen LogP contribution in [0.5, 0.6) is 0 Å². The summed E-state index contributed by atoms with van der Waals surface area (Å²) in [5.74, 6) is 0.0656. The van der Waals surface area contributed by atoms with Crippen LogP contribution in [0.4, 0.5) is 0 Å². The summed E-state index contributed by atoms with van der Waals surface area (Å²) in [6, 6.07) is 0.591. The van der Waals surface area contributed by atoms with E-state index in [2.05, 4.69) is 16.8 Å². The second kappa shape index (κ2) is 7.41. The molecule has 1 saturated carbocycles. The number of rotatable bonds is 9. The maximum Gasteiger partial charge on any atom is 0.234 e. The lowest BCUT2D eigenvalue weighted by atomic mass is 10.3. The average Bonchev–Trinajstić information content (AvgIpc) is 3.09. The molecule has 0 aromatic rings. The van der Waals surface area contributed by atoms with Gasteiger partial charge in [-0.15, -0.1) is 6.58 Å². The molecule has 0 unspecified atom stereocenters. The van der Waals surface area contributed by atoms with Crippen LogP contribution in [-0.4, -0.2) is 48.2 Å². The van der Waals surface area contributed by atoms with E-state index >= 15 is 0 Å². The van der Waals surface area contributed by atoms with Gasteiger partial charge in [-0.05, 0) is 32.2 Å². The lowest BCUT2D eigenvalue weighted by molar-refractivity contribution is -0.122. The molecule has 1 amide bonds. The summed E-state index contributed by atoms with van der Waals surface area (Å²) in [5, 5.41) is 11.5. The summed E-state index contributed by atoms with van der Waals surface area (Å²) in [6.07, 6.45) is 5.87. The number of nitrogens with one attached hydrogen (secondary N) is 1. The Bertz CT molecular complexity index is 227. The fraction of sp³-hybridized carbons (Fsp3) is 0.750. The Hall–Kier alpha value is -0.870. The van der Waals surface area contributed by atoms with Crippen molar-refractivity contribution in [2.75, 3.05) is 26.2 Å². The van der Waals surface area contributed by atoms with E-state index in [9.17, 15) is 4.79 Å². The van der Waals surface area contributed by atoms with E-state index in [1.54, 1.807) is 6.08 Å². The predicted molar refractivity (Wildman–Crippen MR) is 64.1 cm³/mol. The highest BCUT2D eigenvalue weighted by atomic mass is 16.2. The molecule has 0 aromatic heterocycles. The summed E-state index contributed by atoms with van der Waals surface area (Å²) < 4.78 is 0. The molecule has 4 heteroatoms. The molecule has 0 saturated heterocycles. The van der Waals surface area contributed by atoms with Crippen LogP contribution >= 0.6 is 0 Å². The first-order valence-electron chi connectivity index (χ1n) is 6.00. The number of hydrogen-bond donors (Lipinski definition) is 2. The maximum atomic E-state index is 11.5. The van der Waals surface area contributed by atoms with Crippen molar-refractivity contribution in [2.45, 2.75) is 31.7 Å². The standard InChI is InChI=1S/C12H22N2O2/c1-2-7-13-12(16)10-14(11-5-6-11)8-3-4-9-15/h2,11,15H,1,3-10H2,(H,13,16). The van der Waals surface area contributed by atoms with Gasteiger partial charge < -0.3 is 10.4 Å². The molecule has 2 N–H and O–H groups in total. The highest BCUT2D eigenvalue weighted by Gasteiger charge is 2.29. The molecule has 0 heterocycles. The van der Waals surface area contributed by atoms with Crippen LogP contribution in [0.1, 0.15) is 25.7 Å². The van der Waals surface area contributed by atoms with E-state index in [0.29, 0.717) is 19.1 Å². The zero-order valence-corrected chi connectivity index (χ0v) is 9.82. The summed E-state index contributed by atoms with van der Waals surface area (Å²) in [6.45, 7) is 5.72. The topological polar surface area (TPSA) is 52.6 Å². The molecule has 0 spiro atoms. The van der Waals surface area contributed by atoms with Crippen LogP contribution in [0.3, 0.4) is 0 Å². The van der Waals surface area contributed by atoms with Crippen LogP contribution in [0.15, 0.2) is 12.7 Å². The molecular formula is C12H22N2O2. The highest BCUT2D eigenvalue weighted by molar-refractivity contribution is 5.78. The van der Waals surface area contributed by atoms with Gasteiger partial charge in [-0.2, -0.15) is 0 Å². The summed E-state index contributed by atoms with van der Waals surface area (Å²) in [7, 11) is 0. The molecule has 0 aliphatic heterocycles. The molecule has 1 aliphatic carbocycles. The predicted octanol–water partition coefficient (Wildman–Crippen LogP) is 0.525. The van der Waals surface area contributed by atoms with Crippen LogP contribution in [-0.2, 0) is 4.79 Å². The van der Waals surface area contributed by atoms with Crippen molar-refractivity contribution in [3.8, 4) is 0 Å². The van der Waals surface area contributed by atoms with E-state index in [0.717, 1.165) is 19.4 Å². The van der Waals surface area contributed by atoms with Crippen molar-refractivity contribution in [1.29, 1.82) is 0 Å². The third-order valence-corrected chi connectivity index (χ3v) is 2.71. The Morgan fingerprint density at radius 1 is 1.50 bits per heavy atom. The van der Waals surface area contributed by atoms with Gasteiger partial charge in [-0.1, -0.05) is 6.08 Å². The third kappa shape index (κ3) is 5.28. The SMILES string of the molecule is C=CCNC(=O)CN(CCCCO)C1CC1. The van der Waals surface area contributed by atoms with Gasteiger partial charge in [0.25, 0.3) is 0 Å². The summed E-state index contributed by atoms with van der Waals surface area (Å²) in [4.78, 5) is 13.7. The second-order valence-electron chi connectivity index (χ2n) is 4.23. The Kier molecular flexibility index (Phi) is 6.11. The zero-order valence-electron chi connectivity index (χ0n) is 9.82.